The molecule has 146 valence electrons. The topological polar surface area (TPSA) is 110 Å². The Bertz CT molecular complexity index is 897. The van der Waals surface area contributed by atoms with Crippen molar-refractivity contribution in [2.45, 2.75) is 0 Å². The number of carboxylic acid groups (broad SMARTS) is 1. The maximum absolute atomic E-state index is 11.0. The molecule has 2 rings (SSSR count). The van der Waals surface area contributed by atoms with Crippen LogP contribution < -0.4 is 9.84 Å². The molecule has 0 spiro atoms. The number of nitro benzene ring substituents is 1. The number of hydrogen-bond donors (Lipinski definition) is 0. The van der Waals surface area contributed by atoms with E-state index in [0.717, 1.165) is 12.1 Å². The van der Waals surface area contributed by atoms with Gasteiger partial charge in [0.1, 0.15) is 24.5 Å². The lowest BCUT2D eigenvalue weighted by molar-refractivity contribution is -0.385. The first kappa shape index (κ1) is 23.2. The number of halogens is 3. The van der Waals surface area contributed by atoms with Crippen LogP contribution in [0.3, 0.4) is 0 Å². The molecule has 0 aliphatic rings. The maximum atomic E-state index is 11.0. The minimum Gasteiger partial charge on any atom is -0.545 e. The zero-order valence-corrected chi connectivity index (χ0v) is 17.4. The predicted molar refractivity (Wildman–Crippen MR) is 105 cm³/mol. The van der Waals surface area contributed by atoms with Gasteiger partial charge in [0.15, 0.2) is 5.75 Å². The molecular formula is C16H14Cl3NO6S. The highest BCUT2D eigenvalue weighted by Crippen LogP contribution is 2.39. The van der Waals surface area contributed by atoms with Crippen molar-refractivity contribution in [1.29, 1.82) is 0 Å². The molecule has 0 saturated heterocycles. The van der Waals surface area contributed by atoms with Crippen LogP contribution in [0, 0.1) is 10.1 Å². The number of carbonyl (C=O) groups excluding carboxylic acids is 1. The average Bonchev–Trinajstić information content (AvgIpc) is 2.48. The van der Waals surface area contributed by atoms with Gasteiger partial charge in [0.25, 0.3) is 5.69 Å². The maximum Gasteiger partial charge on any atom is 0.278 e. The van der Waals surface area contributed by atoms with E-state index in [1.54, 1.807) is 18.8 Å². The molecule has 0 aliphatic carbocycles. The molecule has 0 amide bonds. The van der Waals surface area contributed by atoms with E-state index in [4.69, 9.17) is 39.5 Å². The SMILES string of the molecule is C[S+](C)(C)=O.O=C([O-])c1cc(Oc2c(Cl)cc(Cl)cc2Cl)ccc1[N+](=O)[O-]. The number of carbonyl (C=O) groups is 1. The Labute approximate surface area is 171 Å². The van der Waals surface area contributed by atoms with Gasteiger partial charge in [-0.2, -0.15) is 0 Å². The number of aromatic carboxylic acids is 1. The lowest BCUT2D eigenvalue weighted by Gasteiger charge is -2.11. The van der Waals surface area contributed by atoms with Gasteiger partial charge in [0.05, 0.1) is 36.4 Å². The Balaban J connectivity index is 0.000000646. The van der Waals surface area contributed by atoms with Crippen molar-refractivity contribution in [3.05, 3.63) is 61.1 Å². The third-order valence-corrected chi connectivity index (χ3v) is 3.35. The van der Waals surface area contributed by atoms with E-state index in [-0.39, 0.29) is 21.5 Å². The Morgan fingerprint density at radius 3 is 1.96 bits per heavy atom. The van der Waals surface area contributed by atoms with Crippen LogP contribution in [0.1, 0.15) is 10.4 Å². The fourth-order valence-corrected chi connectivity index (χ4v) is 2.54. The van der Waals surface area contributed by atoms with E-state index in [1.165, 1.54) is 18.2 Å². The Hall–Kier alpha value is -1.87. The summed E-state index contributed by atoms with van der Waals surface area (Å²) in [6.45, 7) is 0. The van der Waals surface area contributed by atoms with Crippen LogP contribution in [0.2, 0.25) is 15.1 Å². The smallest absolute Gasteiger partial charge is 0.278 e. The molecular weight excluding hydrogens is 441 g/mol. The number of carboxylic acids is 1. The van der Waals surface area contributed by atoms with Crippen LogP contribution in [0.5, 0.6) is 11.5 Å². The van der Waals surface area contributed by atoms with Gasteiger partial charge < -0.3 is 14.6 Å². The molecule has 0 aromatic heterocycles. The van der Waals surface area contributed by atoms with Gasteiger partial charge >= 0.3 is 0 Å². The first-order valence-electron chi connectivity index (χ1n) is 7.01. The van der Waals surface area contributed by atoms with E-state index >= 15 is 0 Å². The average molecular weight is 455 g/mol. The highest BCUT2D eigenvalue weighted by molar-refractivity contribution is 8.00. The minimum absolute atomic E-state index is 0.00378. The van der Waals surface area contributed by atoms with E-state index in [2.05, 4.69) is 0 Å². The molecule has 0 bridgehead atoms. The molecule has 0 saturated carbocycles. The van der Waals surface area contributed by atoms with Gasteiger partial charge in [-0.1, -0.05) is 34.8 Å². The van der Waals surface area contributed by atoms with Crippen LogP contribution >= 0.6 is 34.8 Å². The van der Waals surface area contributed by atoms with E-state index in [0.29, 0.717) is 5.02 Å². The van der Waals surface area contributed by atoms with Crippen LogP contribution in [0.4, 0.5) is 5.69 Å². The molecule has 27 heavy (non-hydrogen) atoms. The zero-order valence-electron chi connectivity index (χ0n) is 14.3. The van der Waals surface area contributed by atoms with E-state index < -0.39 is 32.1 Å². The van der Waals surface area contributed by atoms with Gasteiger partial charge in [-0.15, -0.1) is 4.21 Å². The van der Waals surface area contributed by atoms with Gasteiger partial charge in [0.2, 0.25) is 0 Å². The number of hydrogen-bond acceptors (Lipinski definition) is 6. The molecule has 0 N–H and O–H groups in total. The summed E-state index contributed by atoms with van der Waals surface area (Å²) >= 11 is 17.6. The van der Waals surface area contributed by atoms with Crippen molar-refractivity contribution in [3.8, 4) is 11.5 Å². The van der Waals surface area contributed by atoms with Gasteiger partial charge in [-0.05, 0) is 24.3 Å². The van der Waals surface area contributed by atoms with E-state index in [1.807, 2.05) is 0 Å². The number of ether oxygens (including phenoxy) is 1. The second-order valence-corrected chi connectivity index (χ2v) is 10.4. The minimum atomic E-state index is -1.70. The second kappa shape index (κ2) is 9.36. The summed E-state index contributed by atoms with van der Waals surface area (Å²) in [6.07, 6.45) is 5.15. The Morgan fingerprint density at radius 2 is 1.56 bits per heavy atom. The molecule has 0 atom stereocenters. The summed E-state index contributed by atoms with van der Waals surface area (Å²) in [7, 11) is -1.42. The fourth-order valence-electron chi connectivity index (χ4n) is 1.65. The van der Waals surface area contributed by atoms with Crippen molar-refractivity contribution < 1.29 is 23.8 Å². The van der Waals surface area contributed by atoms with Crippen molar-refractivity contribution in [1.82, 2.24) is 0 Å². The molecule has 0 unspecified atom stereocenters. The summed E-state index contributed by atoms with van der Waals surface area (Å²) < 4.78 is 15.6. The van der Waals surface area contributed by atoms with Crippen molar-refractivity contribution in [2.24, 2.45) is 0 Å². The van der Waals surface area contributed by atoms with Crippen LogP contribution in [-0.2, 0) is 14.1 Å². The quantitative estimate of drug-likeness (QED) is 0.391. The van der Waals surface area contributed by atoms with E-state index in [9.17, 15) is 24.2 Å². The summed E-state index contributed by atoms with van der Waals surface area (Å²) in [6, 6.07) is 5.92. The van der Waals surface area contributed by atoms with Gasteiger partial charge in [-0.25, -0.2) is 0 Å². The van der Waals surface area contributed by atoms with Crippen LogP contribution in [0.25, 0.3) is 0 Å². The monoisotopic (exact) mass is 453 g/mol. The number of rotatable bonds is 4. The number of nitro groups is 1. The molecule has 7 nitrogen and oxygen atoms in total. The van der Waals surface area contributed by atoms with Crippen molar-refractivity contribution in [2.75, 3.05) is 18.8 Å². The third kappa shape index (κ3) is 7.72. The summed E-state index contributed by atoms with van der Waals surface area (Å²) in [5.74, 6) is -1.66. The number of nitrogens with zero attached hydrogens (tertiary/aromatic N) is 1. The largest absolute Gasteiger partial charge is 0.545 e. The normalized spacial score (nSPS) is 10.6. The van der Waals surface area contributed by atoms with Crippen LogP contribution in [-0.4, -0.2) is 29.7 Å². The van der Waals surface area contributed by atoms with Crippen LogP contribution in [0.15, 0.2) is 30.3 Å². The molecule has 11 heteroatoms. The molecule has 0 radical (unpaired) electrons. The highest BCUT2D eigenvalue weighted by Gasteiger charge is 2.17. The molecule has 2 aromatic carbocycles. The lowest BCUT2D eigenvalue weighted by Crippen LogP contribution is -2.23. The van der Waals surface area contributed by atoms with Gasteiger partial charge in [0, 0.05) is 11.1 Å². The lowest BCUT2D eigenvalue weighted by atomic mass is 10.1. The number of benzene rings is 2. The molecule has 2 aromatic rings. The van der Waals surface area contributed by atoms with Crippen molar-refractivity contribution >= 4 is 56.4 Å². The summed E-state index contributed by atoms with van der Waals surface area (Å²) in [5.41, 5.74) is -1.23. The highest BCUT2D eigenvalue weighted by atomic mass is 35.5. The third-order valence-electron chi connectivity index (χ3n) is 2.57. The van der Waals surface area contributed by atoms with Gasteiger partial charge in [-0.3, -0.25) is 10.1 Å². The molecule has 0 fully saturated rings. The predicted octanol–water partition coefficient (Wildman–Crippen LogP) is 4.09. The standard InChI is InChI=1S/C13H6Cl3NO5.C3H9OS/c14-6-3-9(15)12(10(16)4-6)22-7-1-2-11(17(20)21)8(5-7)13(18)19;1-5(2,3)4/h1-5H,(H,18,19);1-3H3/q;+1/p-1. The summed E-state index contributed by atoms with van der Waals surface area (Å²) in [5, 5.41) is 22.2. The molecule has 0 aliphatic heterocycles. The Morgan fingerprint density at radius 1 is 1.07 bits per heavy atom. The summed E-state index contributed by atoms with van der Waals surface area (Å²) in [4.78, 5) is 20.9. The zero-order chi connectivity index (χ0) is 20.9. The first-order chi connectivity index (χ1) is 12.3. The first-order valence-corrected chi connectivity index (χ1v) is 10.9. The second-order valence-electron chi connectivity index (χ2n) is 5.75. The Kier molecular flexibility index (Phi) is 8.04. The fraction of sp³-hybridized carbons (Fsp3) is 0.188. The van der Waals surface area contributed by atoms with Crippen molar-refractivity contribution in [3.63, 3.8) is 0 Å². The molecule has 0 heterocycles.